The van der Waals surface area contributed by atoms with Crippen molar-refractivity contribution in [1.29, 1.82) is 0 Å². The fourth-order valence-electron chi connectivity index (χ4n) is 3.05. The molecule has 2 aliphatic rings. The number of hydrogen-bond acceptors (Lipinski definition) is 2. The second-order valence-corrected chi connectivity index (χ2v) is 5.36. The van der Waals surface area contributed by atoms with Crippen molar-refractivity contribution < 1.29 is 14.7 Å². The number of carboxylic acid groups (broad SMARTS) is 1. The molecule has 1 heterocycles. The molecule has 0 radical (unpaired) electrons. The molecule has 0 aromatic heterocycles. The summed E-state index contributed by atoms with van der Waals surface area (Å²) in [5.41, 5.74) is 3.06. The van der Waals surface area contributed by atoms with Gasteiger partial charge in [0.05, 0.1) is 0 Å². The van der Waals surface area contributed by atoms with Gasteiger partial charge < -0.3 is 10.0 Å². The molecule has 1 aromatic rings. The SMILES string of the molecule is O=C(O)[C@@H]1CCCN1C(=O)C1=Cc2ccccc2CC1. The number of carbonyl (C=O) groups excluding carboxylic acids is 1. The van der Waals surface area contributed by atoms with Crippen LogP contribution in [0.1, 0.15) is 30.4 Å². The summed E-state index contributed by atoms with van der Waals surface area (Å²) in [7, 11) is 0. The first-order valence-electron chi connectivity index (χ1n) is 6.99. The summed E-state index contributed by atoms with van der Waals surface area (Å²) in [6, 6.07) is 7.38. The van der Waals surface area contributed by atoms with Gasteiger partial charge in [-0.05, 0) is 42.9 Å². The van der Waals surface area contributed by atoms with E-state index in [1.807, 2.05) is 24.3 Å². The minimum atomic E-state index is -0.896. The Morgan fingerprint density at radius 1 is 1.20 bits per heavy atom. The Morgan fingerprint density at radius 3 is 2.80 bits per heavy atom. The van der Waals surface area contributed by atoms with Gasteiger partial charge in [-0.3, -0.25) is 4.79 Å². The third kappa shape index (κ3) is 2.22. The monoisotopic (exact) mass is 271 g/mol. The van der Waals surface area contributed by atoms with Gasteiger partial charge in [0.25, 0.3) is 5.91 Å². The molecule has 1 fully saturated rings. The standard InChI is InChI=1S/C16H17NO3/c18-15(17-9-3-6-14(17)16(19)20)13-8-7-11-4-1-2-5-12(11)10-13/h1-2,4-5,10,14H,3,6-9H2,(H,19,20)/t14-/m0/s1. The van der Waals surface area contributed by atoms with Crippen molar-refractivity contribution in [2.75, 3.05) is 6.54 Å². The van der Waals surface area contributed by atoms with Crippen LogP contribution in [0.5, 0.6) is 0 Å². The summed E-state index contributed by atoms with van der Waals surface area (Å²) in [6.45, 7) is 0.550. The number of benzene rings is 1. The van der Waals surface area contributed by atoms with Crippen molar-refractivity contribution in [3.63, 3.8) is 0 Å². The zero-order valence-electron chi connectivity index (χ0n) is 11.2. The van der Waals surface area contributed by atoms with Crippen LogP contribution >= 0.6 is 0 Å². The molecule has 1 saturated heterocycles. The van der Waals surface area contributed by atoms with E-state index in [1.54, 1.807) is 0 Å². The molecular weight excluding hydrogens is 254 g/mol. The number of amides is 1. The lowest BCUT2D eigenvalue weighted by molar-refractivity contribution is -0.146. The number of likely N-dealkylation sites (tertiary alicyclic amines) is 1. The maximum absolute atomic E-state index is 12.5. The summed E-state index contributed by atoms with van der Waals surface area (Å²) < 4.78 is 0. The van der Waals surface area contributed by atoms with Gasteiger partial charge in [-0.2, -0.15) is 0 Å². The molecule has 1 amide bonds. The van der Waals surface area contributed by atoms with E-state index in [1.165, 1.54) is 10.5 Å². The van der Waals surface area contributed by atoms with E-state index in [9.17, 15) is 14.7 Å². The van der Waals surface area contributed by atoms with Gasteiger partial charge in [-0.15, -0.1) is 0 Å². The number of rotatable bonds is 2. The fourth-order valence-corrected chi connectivity index (χ4v) is 3.05. The lowest BCUT2D eigenvalue weighted by atomic mass is 9.91. The molecule has 4 heteroatoms. The van der Waals surface area contributed by atoms with E-state index >= 15 is 0 Å². The molecule has 3 rings (SSSR count). The number of carbonyl (C=O) groups is 2. The number of aryl methyl sites for hydroxylation is 1. The molecule has 1 atom stereocenters. The minimum absolute atomic E-state index is 0.107. The van der Waals surface area contributed by atoms with Crippen LogP contribution in [0.15, 0.2) is 29.8 Å². The van der Waals surface area contributed by atoms with Crippen LogP contribution in [0.3, 0.4) is 0 Å². The van der Waals surface area contributed by atoms with Crippen LogP contribution < -0.4 is 0 Å². The maximum atomic E-state index is 12.5. The molecule has 0 saturated carbocycles. The largest absolute Gasteiger partial charge is 0.480 e. The van der Waals surface area contributed by atoms with E-state index in [2.05, 4.69) is 6.07 Å². The molecule has 4 nitrogen and oxygen atoms in total. The highest BCUT2D eigenvalue weighted by Gasteiger charge is 2.35. The number of nitrogens with zero attached hydrogens (tertiary/aromatic N) is 1. The average Bonchev–Trinajstić information content (AvgIpc) is 2.95. The van der Waals surface area contributed by atoms with Crippen LogP contribution in [0.25, 0.3) is 6.08 Å². The Balaban J connectivity index is 1.85. The van der Waals surface area contributed by atoms with Crippen LogP contribution in [-0.4, -0.2) is 34.5 Å². The van der Waals surface area contributed by atoms with Gasteiger partial charge in [-0.25, -0.2) is 4.79 Å². The predicted octanol–water partition coefficient (Wildman–Crippen LogP) is 2.09. The third-order valence-electron chi connectivity index (χ3n) is 4.12. The summed E-state index contributed by atoms with van der Waals surface area (Å²) in [6.07, 6.45) is 4.79. The van der Waals surface area contributed by atoms with Gasteiger partial charge in [-0.1, -0.05) is 24.3 Å². The van der Waals surface area contributed by atoms with Crippen molar-refractivity contribution in [3.05, 3.63) is 41.0 Å². The lowest BCUT2D eigenvalue weighted by Crippen LogP contribution is -2.41. The van der Waals surface area contributed by atoms with E-state index in [0.29, 0.717) is 19.4 Å². The zero-order chi connectivity index (χ0) is 14.1. The molecule has 0 spiro atoms. The molecule has 20 heavy (non-hydrogen) atoms. The van der Waals surface area contributed by atoms with Gasteiger partial charge in [0.1, 0.15) is 6.04 Å². The molecular formula is C16H17NO3. The lowest BCUT2D eigenvalue weighted by Gasteiger charge is -2.24. The second-order valence-electron chi connectivity index (χ2n) is 5.36. The van der Waals surface area contributed by atoms with Crippen LogP contribution in [0.4, 0.5) is 0 Å². The molecule has 1 aromatic carbocycles. The van der Waals surface area contributed by atoms with Crippen molar-refractivity contribution >= 4 is 18.0 Å². The average molecular weight is 271 g/mol. The molecule has 1 N–H and O–H groups in total. The van der Waals surface area contributed by atoms with Crippen LogP contribution in [0, 0.1) is 0 Å². The normalized spacial score (nSPS) is 21.3. The Bertz CT molecular complexity index is 591. The van der Waals surface area contributed by atoms with Crippen molar-refractivity contribution in [3.8, 4) is 0 Å². The zero-order valence-corrected chi connectivity index (χ0v) is 11.2. The first kappa shape index (κ1) is 12.9. The fraction of sp³-hybridized carbons (Fsp3) is 0.375. The maximum Gasteiger partial charge on any atom is 0.326 e. The molecule has 104 valence electrons. The van der Waals surface area contributed by atoms with E-state index < -0.39 is 12.0 Å². The highest BCUT2D eigenvalue weighted by Crippen LogP contribution is 2.27. The topological polar surface area (TPSA) is 57.6 Å². The Kier molecular flexibility index (Phi) is 3.30. The number of aliphatic carboxylic acids is 1. The van der Waals surface area contributed by atoms with E-state index in [0.717, 1.165) is 24.0 Å². The number of carboxylic acids is 1. The first-order valence-corrected chi connectivity index (χ1v) is 6.99. The summed E-state index contributed by atoms with van der Waals surface area (Å²) in [5, 5.41) is 9.18. The first-order chi connectivity index (χ1) is 9.66. The second kappa shape index (κ2) is 5.12. The van der Waals surface area contributed by atoms with Crippen molar-refractivity contribution in [2.45, 2.75) is 31.7 Å². The van der Waals surface area contributed by atoms with Gasteiger partial charge in [0.15, 0.2) is 0 Å². The minimum Gasteiger partial charge on any atom is -0.480 e. The third-order valence-corrected chi connectivity index (χ3v) is 4.12. The Morgan fingerprint density at radius 2 is 2.00 bits per heavy atom. The summed E-state index contributed by atoms with van der Waals surface area (Å²) in [4.78, 5) is 25.2. The molecule has 0 unspecified atom stereocenters. The van der Waals surface area contributed by atoms with Crippen LogP contribution in [-0.2, 0) is 16.0 Å². The molecule has 0 bridgehead atoms. The summed E-state index contributed by atoms with van der Waals surface area (Å²) in [5.74, 6) is -1.00. The van der Waals surface area contributed by atoms with Crippen molar-refractivity contribution in [2.24, 2.45) is 0 Å². The van der Waals surface area contributed by atoms with E-state index in [-0.39, 0.29) is 5.91 Å². The number of fused-ring (bicyclic) bond motifs is 1. The smallest absolute Gasteiger partial charge is 0.326 e. The van der Waals surface area contributed by atoms with Gasteiger partial charge in [0, 0.05) is 12.1 Å². The van der Waals surface area contributed by atoms with Crippen LogP contribution in [0.2, 0.25) is 0 Å². The highest BCUT2D eigenvalue weighted by molar-refractivity contribution is 6.00. The Labute approximate surface area is 117 Å². The molecule has 1 aliphatic carbocycles. The van der Waals surface area contributed by atoms with Gasteiger partial charge >= 0.3 is 5.97 Å². The predicted molar refractivity (Wildman–Crippen MR) is 75.1 cm³/mol. The highest BCUT2D eigenvalue weighted by atomic mass is 16.4. The summed E-state index contributed by atoms with van der Waals surface area (Å²) >= 11 is 0. The van der Waals surface area contributed by atoms with E-state index in [4.69, 9.17) is 0 Å². The molecule has 1 aliphatic heterocycles. The van der Waals surface area contributed by atoms with Gasteiger partial charge in [0.2, 0.25) is 0 Å². The number of hydrogen-bond donors (Lipinski definition) is 1. The van der Waals surface area contributed by atoms with Crippen molar-refractivity contribution in [1.82, 2.24) is 4.90 Å². The quantitative estimate of drug-likeness (QED) is 0.896. The Hall–Kier alpha value is -2.10.